The van der Waals surface area contributed by atoms with Crippen LogP contribution in [0.25, 0.3) is 0 Å². The predicted octanol–water partition coefficient (Wildman–Crippen LogP) is 1.65. The number of hydrogen-bond acceptors (Lipinski definition) is 1. The van der Waals surface area contributed by atoms with Crippen LogP contribution in [0.2, 0.25) is 0 Å². The molecule has 11 heavy (non-hydrogen) atoms. The molecule has 64 valence electrons. The van der Waals surface area contributed by atoms with Gasteiger partial charge in [-0.2, -0.15) is 0 Å². The molecule has 0 saturated carbocycles. The fourth-order valence-electron chi connectivity index (χ4n) is 1.49. The van der Waals surface area contributed by atoms with Crippen LogP contribution in [-0.4, -0.2) is 22.9 Å². The van der Waals surface area contributed by atoms with Crippen LogP contribution >= 0.6 is 0 Å². The molecule has 0 bridgehead atoms. The zero-order valence-electron chi connectivity index (χ0n) is 7.85. The van der Waals surface area contributed by atoms with Gasteiger partial charge in [-0.15, -0.1) is 0 Å². The van der Waals surface area contributed by atoms with Gasteiger partial charge in [0.05, 0.1) is 0 Å². The Morgan fingerprint density at radius 1 is 1.45 bits per heavy atom. The lowest BCUT2D eigenvalue weighted by molar-refractivity contribution is -0.134. The van der Waals surface area contributed by atoms with E-state index in [9.17, 15) is 4.79 Å². The third-order valence-corrected chi connectivity index (χ3v) is 2.28. The Balaban J connectivity index is 2.70. The number of nitrogens with zero attached hydrogens (tertiary/aromatic N) is 1. The largest absolute Gasteiger partial charge is 0.338 e. The monoisotopic (exact) mass is 155 g/mol. The maximum absolute atomic E-state index is 11.5. The van der Waals surface area contributed by atoms with Crippen molar-refractivity contribution in [3.05, 3.63) is 0 Å². The lowest BCUT2D eigenvalue weighted by atomic mass is 10.1. The highest BCUT2D eigenvalue weighted by Gasteiger charge is 2.34. The van der Waals surface area contributed by atoms with E-state index in [2.05, 4.69) is 20.8 Å². The minimum absolute atomic E-state index is 0.0157. The molecule has 1 aliphatic heterocycles. The molecule has 1 atom stereocenters. The average Bonchev–Trinajstić information content (AvgIpc) is 2.11. The fourth-order valence-corrected chi connectivity index (χ4v) is 1.49. The van der Waals surface area contributed by atoms with E-state index in [1.54, 1.807) is 0 Å². The quantitative estimate of drug-likeness (QED) is 0.521. The van der Waals surface area contributed by atoms with Crippen LogP contribution in [0.1, 0.15) is 34.1 Å². The molecule has 0 N–H and O–H groups in total. The van der Waals surface area contributed by atoms with Gasteiger partial charge in [0.2, 0.25) is 5.91 Å². The number of rotatable bonds is 0. The molecule has 0 radical (unpaired) electrons. The van der Waals surface area contributed by atoms with Gasteiger partial charge < -0.3 is 4.90 Å². The average molecular weight is 155 g/mol. The van der Waals surface area contributed by atoms with Crippen molar-refractivity contribution in [2.75, 3.05) is 6.54 Å². The van der Waals surface area contributed by atoms with Crippen molar-refractivity contribution >= 4 is 5.91 Å². The van der Waals surface area contributed by atoms with Gasteiger partial charge in [0, 0.05) is 18.0 Å². The first kappa shape index (κ1) is 8.57. The fraction of sp³-hybridized carbons (Fsp3) is 0.889. The molecule has 0 aromatic carbocycles. The van der Waals surface area contributed by atoms with Crippen LogP contribution in [-0.2, 0) is 4.79 Å². The number of carbonyl (C=O) groups is 1. The van der Waals surface area contributed by atoms with Crippen LogP contribution in [0.3, 0.4) is 0 Å². The van der Waals surface area contributed by atoms with Crippen molar-refractivity contribution < 1.29 is 4.79 Å². The predicted molar refractivity (Wildman–Crippen MR) is 45.2 cm³/mol. The summed E-state index contributed by atoms with van der Waals surface area (Å²) in [4.78, 5) is 13.4. The van der Waals surface area contributed by atoms with Gasteiger partial charge in [-0.1, -0.05) is 6.92 Å². The number of likely N-dealkylation sites (tertiary alicyclic amines) is 1. The van der Waals surface area contributed by atoms with Crippen molar-refractivity contribution in [1.82, 2.24) is 4.90 Å². The molecule has 0 aliphatic carbocycles. The first-order chi connectivity index (χ1) is 4.93. The summed E-state index contributed by atoms with van der Waals surface area (Å²) >= 11 is 0. The summed E-state index contributed by atoms with van der Waals surface area (Å²) in [5.74, 6) is 0.562. The van der Waals surface area contributed by atoms with Crippen molar-refractivity contribution in [3.63, 3.8) is 0 Å². The number of hydrogen-bond donors (Lipinski definition) is 0. The molecule has 1 saturated heterocycles. The first-order valence-corrected chi connectivity index (χ1v) is 4.24. The minimum Gasteiger partial charge on any atom is -0.338 e. The molecule has 0 spiro atoms. The summed E-state index contributed by atoms with van der Waals surface area (Å²) in [7, 11) is 0. The van der Waals surface area contributed by atoms with E-state index in [4.69, 9.17) is 0 Å². The summed E-state index contributed by atoms with van der Waals surface area (Å²) in [5.41, 5.74) is 0.0157. The van der Waals surface area contributed by atoms with E-state index in [1.165, 1.54) is 0 Å². The zero-order valence-corrected chi connectivity index (χ0v) is 7.85. The molecular weight excluding hydrogens is 138 g/mol. The lowest BCUT2D eigenvalue weighted by Gasteiger charge is -2.31. The summed E-state index contributed by atoms with van der Waals surface area (Å²) < 4.78 is 0. The summed E-state index contributed by atoms with van der Waals surface area (Å²) in [5, 5.41) is 0. The smallest absolute Gasteiger partial charge is 0.225 e. The number of carbonyl (C=O) groups excluding carboxylic acids is 1. The van der Waals surface area contributed by atoms with E-state index in [-0.39, 0.29) is 11.5 Å². The van der Waals surface area contributed by atoms with E-state index in [0.717, 1.165) is 13.0 Å². The lowest BCUT2D eigenvalue weighted by Crippen LogP contribution is -2.42. The van der Waals surface area contributed by atoms with Gasteiger partial charge in [-0.25, -0.2) is 0 Å². The molecule has 1 rings (SSSR count). The summed E-state index contributed by atoms with van der Waals surface area (Å²) in [6, 6.07) is 0. The Morgan fingerprint density at radius 2 is 2.00 bits per heavy atom. The molecule has 2 nitrogen and oxygen atoms in total. The highest BCUT2D eigenvalue weighted by atomic mass is 16.2. The van der Waals surface area contributed by atoms with Crippen molar-refractivity contribution in [2.24, 2.45) is 5.92 Å². The standard InChI is InChI=1S/C9H17NO/c1-7-5-6-10(8(7)11)9(2,3)4/h7H,5-6H2,1-4H3/t7-/m1/s1. The van der Waals surface area contributed by atoms with Gasteiger partial charge in [0.25, 0.3) is 0 Å². The molecule has 2 heteroatoms. The van der Waals surface area contributed by atoms with E-state index in [0.29, 0.717) is 5.91 Å². The second-order valence-corrected chi connectivity index (χ2v) is 4.35. The molecule has 1 fully saturated rings. The van der Waals surface area contributed by atoms with E-state index < -0.39 is 0 Å². The molecule has 1 amide bonds. The molecule has 0 aromatic rings. The zero-order chi connectivity index (χ0) is 8.65. The van der Waals surface area contributed by atoms with Gasteiger partial charge in [-0.05, 0) is 27.2 Å². The number of amides is 1. The van der Waals surface area contributed by atoms with Gasteiger partial charge in [-0.3, -0.25) is 4.79 Å². The maximum atomic E-state index is 11.5. The third-order valence-electron chi connectivity index (χ3n) is 2.28. The maximum Gasteiger partial charge on any atom is 0.225 e. The Hall–Kier alpha value is -0.530. The Kier molecular flexibility index (Phi) is 1.95. The minimum atomic E-state index is 0.0157. The molecule has 0 unspecified atom stereocenters. The van der Waals surface area contributed by atoms with Gasteiger partial charge in [0.1, 0.15) is 0 Å². The van der Waals surface area contributed by atoms with Gasteiger partial charge >= 0.3 is 0 Å². The van der Waals surface area contributed by atoms with Gasteiger partial charge in [0.15, 0.2) is 0 Å². The third kappa shape index (κ3) is 1.55. The topological polar surface area (TPSA) is 20.3 Å². The second kappa shape index (κ2) is 2.50. The normalized spacial score (nSPS) is 26.4. The van der Waals surface area contributed by atoms with Crippen LogP contribution in [0.15, 0.2) is 0 Å². The molecular formula is C9H17NO. The second-order valence-electron chi connectivity index (χ2n) is 4.35. The van der Waals surface area contributed by atoms with E-state index in [1.807, 2.05) is 11.8 Å². The molecule has 1 aliphatic rings. The van der Waals surface area contributed by atoms with Crippen molar-refractivity contribution in [1.29, 1.82) is 0 Å². The first-order valence-electron chi connectivity index (χ1n) is 4.24. The van der Waals surface area contributed by atoms with Crippen LogP contribution in [0.5, 0.6) is 0 Å². The highest BCUT2D eigenvalue weighted by molar-refractivity contribution is 5.81. The van der Waals surface area contributed by atoms with Crippen LogP contribution in [0, 0.1) is 5.92 Å². The van der Waals surface area contributed by atoms with Crippen molar-refractivity contribution in [2.45, 2.75) is 39.7 Å². The van der Waals surface area contributed by atoms with Crippen molar-refractivity contribution in [3.8, 4) is 0 Å². The van der Waals surface area contributed by atoms with E-state index >= 15 is 0 Å². The Labute approximate surface area is 68.6 Å². The molecule has 1 heterocycles. The van der Waals surface area contributed by atoms with Crippen LogP contribution < -0.4 is 0 Å². The summed E-state index contributed by atoms with van der Waals surface area (Å²) in [6.07, 6.45) is 1.02. The Bertz CT molecular complexity index is 169. The Morgan fingerprint density at radius 3 is 2.18 bits per heavy atom. The SMILES string of the molecule is C[C@@H]1CCN(C(C)(C)C)C1=O. The van der Waals surface area contributed by atoms with Crippen LogP contribution in [0.4, 0.5) is 0 Å². The highest BCUT2D eigenvalue weighted by Crippen LogP contribution is 2.24. The summed E-state index contributed by atoms with van der Waals surface area (Å²) in [6.45, 7) is 9.20. The molecule has 0 aromatic heterocycles.